The maximum Gasteiger partial charge on any atom is 0.227 e. The molecule has 0 N–H and O–H groups in total. The fourth-order valence-electron chi connectivity index (χ4n) is 5.24. The molecule has 3 saturated heterocycles. The summed E-state index contributed by atoms with van der Waals surface area (Å²) in [6.45, 7) is 7.20. The van der Waals surface area contributed by atoms with Crippen molar-refractivity contribution in [1.82, 2.24) is 14.8 Å². The first-order valence-corrected chi connectivity index (χ1v) is 12.5. The van der Waals surface area contributed by atoms with Crippen LogP contribution in [0, 0.1) is 5.92 Å². The van der Waals surface area contributed by atoms with E-state index < -0.39 is 0 Å². The molecule has 5 heterocycles. The molecule has 31 heavy (non-hydrogen) atoms. The van der Waals surface area contributed by atoms with Gasteiger partial charge in [0.2, 0.25) is 5.91 Å². The predicted molar refractivity (Wildman–Crippen MR) is 123 cm³/mol. The highest BCUT2D eigenvalue weighted by Crippen LogP contribution is 2.31. The van der Waals surface area contributed by atoms with Crippen LogP contribution in [0.15, 0.2) is 35.2 Å². The van der Waals surface area contributed by atoms with E-state index in [1.54, 1.807) is 11.3 Å². The summed E-state index contributed by atoms with van der Waals surface area (Å²) in [7, 11) is 0. The highest BCUT2D eigenvalue weighted by atomic mass is 32.1. The number of likely N-dealkylation sites (tertiary alicyclic amines) is 2. The van der Waals surface area contributed by atoms with E-state index in [-0.39, 0.29) is 5.91 Å². The first-order valence-electron chi connectivity index (χ1n) is 11.6. The van der Waals surface area contributed by atoms with Crippen molar-refractivity contribution in [3.05, 3.63) is 46.3 Å². The predicted octanol–water partition coefficient (Wildman–Crippen LogP) is 3.04. The number of ether oxygens (including phenoxy) is 1. The molecule has 2 aromatic rings. The Hall–Kier alpha value is -1.96. The van der Waals surface area contributed by atoms with Gasteiger partial charge in [0.05, 0.1) is 19.6 Å². The summed E-state index contributed by atoms with van der Waals surface area (Å²) in [4.78, 5) is 24.6. The lowest BCUT2D eigenvalue weighted by molar-refractivity contribution is -0.129. The number of amides is 1. The standard InChI is InChI=1S/C24H32N4O2S/c29-24(13-19-6-12-31-18-19)28-16-21-3-1-2-7-27(22(21)17-28)15-20-4-5-23(25-14-20)26-8-10-30-11-9-26/h4-6,12,14,18,21-22H,1-3,7-11,13,15-17H2/t21-,22+/m0/s1. The number of carbonyl (C=O) groups is 1. The van der Waals surface area contributed by atoms with Gasteiger partial charge in [0, 0.05) is 45.0 Å². The second kappa shape index (κ2) is 9.67. The zero-order valence-electron chi connectivity index (χ0n) is 18.1. The van der Waals surface area contributed by atoms with Gasteiger partial charge >= 0.3 is 0 Å². The molecule has 2 aromatic heterocycles. The summed E-state index contributed by atoms with van der Waals surface area (Å²) < 4.78 is 5.45. The average Bonchev–Trinajstić information content (AvgIpc) is 3.43. The minimum atomic E-state index is 0.281. The zero-order chi connectivity index (χ0) is 21.0. The molecule has 3 aliphatic heterocycles. The molecule has 0 spiro atoms. The molecule has 0 unspecified atom stereocenters. The molecular weight excluding hydrogens is 408 g/mol. The van der Waals surface area contributed by atoms with Crippen LogP contribution in [0.1, 0.15) is 30.4 Å². The fraction of sp³-hybridized carbons (Fsp3) is 0.583. The molecule has 166 valence electrons. The summed E-state index contributed by atoms with van der Waals surface area (Å²) in [6, 6.07) is 6.91. The molecular formula is C24H32N4O2S. The molecule has 0 aliphatic carbocycles. The van der Waals surface area contributed by atoms with Crippen molar-refractivity contribution < 1.29 is 9.53 Å². The summed E-state index contributed by atoms with van der Waals surface area (Å²) >= 11 is 1.66. The molecule has 3 aliphatic rings. The molecule has 0 saturated carbocycles. The van der Waals surface area contributed by atoms with Crippen molar-refractivity contribution in [2.24, 2.45) is 5.92 Å². The number of pyridine rings is 1. The lowest BCUT2D eigenvalue weighted by Crippen LogP contribution is -2.40. The number of rotatable bonds is 5. The summed E-state index contributed by atoms with van der Waals surface area (Å²) in [5.41, 5.74) is 2.41. The molecule has 3 fully saturated rings. The van der Waals surface area contributed by atoms with E-state index in [1.807, 2.05) is 6.20 Å². The van der Waals surface area contributed by atoms with Crippen molar-refractivity contribution in [3.8, 4) is 0 Å². The van der Waals surface area contributed by atoms with Crippen LogP contribution in [0.2, 0.25) is 0 Å². The Morgan fingerprint density at radius 1 is 1.10 bits per heavy atom. The van der Waals surface area contributed by atoms with Crippen molar-refractivity contribution in [2.45, 2.75) is 38.3 Å². The summed E-state index contributed by atoms with van der Waals surface area (Å²) in [6.07, 6.45) is 6.32. The fourth-order valence-corrected chi connectivity index (χ4v) is 5.91. The van der Waals surface area contributed by atoms with Gasteiger partial charge in [-0.1, -0.05) is 12.5 Å². The van der Waals surface area contributed by atoms with Crippen molar-refractivity contribution in [2.75, 3.05) is 50.8 Å². The number of aromatic nitrogens is 1. The third-order valence-electron chi connectivity index (χ3n) is 6.96. The zero-order valence-corrected chi connectivity index (χ0v) is 18.9. The van der Waals surface area contributed by atoms with E-state index in [0.29, 0.717) is 18.4 Å². The lowest BCUT2D eigenvalue weighted by Gasteiger charge is -2.30. The highest BCUT2D eigenvalue weighted by Gasteiger charge is 2.39. The third-order valence-corrected chi connectivity index (χ3v) is 7.70. The van der Waals surface area contributed by atoms with Gasteiger partial charge in [0.25, 0.3) is 0 Å². The van der Waals surface area contributed by atoms with Crippen LogP contribution in [0.4, 0.5) is 5.82 Å². The quantitative estimate of drug-likeness (QED) is 0.715. The first kappa shape index (κ1) is 20.9. The van der Waals surface area contributed by atoms with Gasteiger partial charge in [-0.2, -0.15) is 11.3 Å². The average molecular weight is 441 g/mol. The Kier molecular flexibility index (Phi) is 6.53. The van der Waals surface area contributed by atoms with Crippen LogP contribution in [0.3, 0.4) is 0 Å². The van der Waals surface area contributed by atoms with Gasteiger partial charge in [-0.05, 0) is 59.3 Å². The van der Waals surface area contributed by atoms with E-state index in [0.717, 1.165) is 63.9 Å². The van der Waals surface area contributed by atoms with Crippen LogP contribution < -0.4 is 4.90 Å². The number of hydrogen-bond donors (Lipinski definition) is 0. The number of fused-ring (bicyclic) bond motifs is 1. The van der Waals surface area contributed by atoms with E-state index >= 15 is 0 Å². The topological polar surface area (TPSA) is 48.9 Å². The second-order valence-corrected chi connectivity index (χ2v) is 9.80. The highest BCUT2D eigenvalue weighted by molar-refractivity contribution is 7.08. The maximum absolute atomic E-state index is 12.9. The van der Waals surface area contributed by atoms with E-state index in [4.69, 9.17) is 9.72 Å². The largest absolute Gasteiger partial charge is 0.378 e. The Balaban J connectivity index is 1.23. The molecule has 7 heteroatoms. The monoisotopic (exact) mass is 440 g/mol. The maximum atomic E-state index is 12.9. The summed E-state index contributed by atoms with van der Waals surface area (Å²) in [5.74, 6) is 1.92. The molecule has 1 amide bonds. The normalized spacial score (nSPS) is 24.8. The number of carbonyl (C=O) groups excluding carboxylic acids is 1. The molecule has 0 radical (unpaired) electrons. The van der Waals surface area contributed by atoms with Crippen molar-refractivity contribution in [3.63, 3.8) is 0 Å². The number of morpholine rings is 1. The van der Waals surface area contributed by atoms with Gasteiger partial charge in [0.1, 0.15) is 5.82 Å². The number of thiophene rings is 1. The van der Waals surface area contributed by atoms with Crippen LogP contribution >= 0.6 is 11.3 Å². The van der Waals surface area contributed by atoms with Crippen LogP contribution in [-0.4, -0.2) is 72.7 Å². The van der Waals surface area contributed by atoms with Crippen LogP contribution in [0.5, 0.6) is 0 Å². The Bertz CT molecular complexity index is 851. The van der Waals surface area contributed by atoms with E-state index in [2.05, 4.69) is 43.7 Å². The SMILES string of the molecule is O=C(Cc1ccsc1)N1C[C@@H]2CCCCN(Cc3ccc(N4CCOCC4)nc3)[C@@H]2C1. The van der Waals surface area contributed by atoms with Gasteiger partial charge in [0.15, 0.2) is 0 Å². The molecule has 6 nitrogen and oxygen atoms in total. The van der Waals surface area contributed by atoms with Gasteiger partial charge in [-0.3, -0.25) is 9.69 Å². The summed E-state index contributed by atoms with van der Waals surface area (Å²) in [5, 5.41) is 4.14. The Labute approximate surface area is 188 Å². The molecule has 0 aromatic carbocycles. The smallest absolute Gasteiger partial charge is 0.227 e. The minimum absolute atomic E-state index is 0.281. The Morgan fingerprint density at radius 2 is 2.00 bits per heavy atom. The van der Waals surface area contributed by atoms with E-state index in [9.17, 15) is 4.79 Å². The lowest BCUT2D eigenvalue weighted by atomic mass is 9.98. The second-order valence-electron chi connectivity index (χ2n) is 9.02. The number of nitrogens with zero attached hydrogens (tertiary/aromatic N) is 4. The Morgan fingerprint density at radius 3 is 2.77 bits per heavy atom. The number of hydrogen-bond acceptors (Lipinski definition) is 6. The first-order chi connectivity index (χ1) is 15.3. The van der Waals surface area contributed by atoms with E-state index in [1.165, 1.54) is 24.8 Å². The van der Waals surface area contributed by atoms with Gasteiger partial charge in [-0.15, -0.1) is 0 Å². The number of anilines is 1. The minimum Gasteiger partial charge on any atom is -0.378 e. The van der Waals surface area contributed by atoms with Crippen LogP contribution in [0.25, 0.3) is 0 Å². The van der Waals surface area contributed by atoms with Gasteiger partial charge < -0.3 is 14.5 Å². The molecule has 2 atom stereocenters. The molecule has 0 bridgehead atoms. The van der Waals surface area contributed by atoms with Crippen LogP contribution in [-0.2, 0) is 22.5 Å². The van der Waals surface area contributed by atoms with Gasteiger partial charge in [-0.25, -0.2) is 4.98 Å². The third kappa shape index (κ3) is 4.94. The van der Waals surface area contributed by atoms with Crippen molar-refractivity contribution in [1.29, 1.82) is 0 Å². The van der Waals surface area contributed by atoms with Crippen molar-refractivity contribution >= 4 is 23.1 Å². The molecule has 5 rings (SSSR count).